The van der Waals surface area contributed by atoms with E-state index in [0.717, 1.165) is 28.4 Å². The molecule has 0 saturated carbocycles. The first-order valence-corrected chi connectivity index (χ1v) is 11.0. The van der Waals surface area contributed by atoms with Crippen molar-refractivity contribution in [3.8, 4) is 17.1 Å². The van der Waals surface area contributed by atoms with E-state index in [0.29, 0.717) is 16.7 Å². The number of carbonyl (C=O) groups is 1. The molecule has 8 nitrogen and oxygen atoms in total. The summed E-state index contributed by atoms with van der Waals surface area (Å²) in [5, 5.41) is 15.2. The monoisotopic (exact) mass is 488 g/mol. The molecule has 0 aliphatic carbocycles. The highest BCUT2D eigenvalue weighted by molar-refractivity contribution is 7.99. The van der Waals surface area contributed by atoms with Gasteiger partial charge in [0, 0.05) is 11.4 Å². The van der Waals surface area contributed by atoms with Crippen LogP contribution in [0.4, 0.5) is 18.9 Å². The number of benzene rings is 2. The largest absolute Gasteiger partial charge is 0.497 e. The van der Waals surface area contributed by atoms with E-state index >= 15 is 0 Å². The number of alkyl halides is 3. The Hall–Kier alpha value is -3.80. The minimum atomic E-state index is -4.52. The van der Waals surface area contributed by atoms with Crippen LogP contribution in [0.3, 0.4) is 0 Å². The lowest BCUT2D eigenvalue weighted by Gasteiger charge is -2.11. The third-order valence-electron chi connectivity index (χ3n) is 4.79. The predicted molar refractivity (Wildman–Crippen MR) is 121 cm³/mol. The standard InChI is InChI=1S/C22H19F3N6O2S/c1-14-28-29-21(30(14)16-7-9-18(33-2)10-8-16)34-13-20(32)27-15-3-5-17(6-4-15)31-19(11-12-26-31)22(23,24)25/h3-12H,13H2,1-2H3,(H,27,32). The van der Waals surface area contributed by atoms with E-state index in [1.165, 1.54) is 36.0 Å². The van der Waals surface area contributed by atoms with Crippen LogP contribution in [0.1, 0.15) is 11.5 Å². The molecule has 4 aromatic rings. The molecule has 4 rings (SSSR count). The van der Waals surface area contributed by atoms with Gasteiger partial charge in [0.05, 0.1) is 24.7 Å². The number of amides is 1. The van der Waals surface area contributed by atoms with Crippen LogP contribution in [0.15, 0.2) is 66.0 Å². The number of nitrogens with zero attached hydrogens (tertiary/aromatic N) is 5. The fraction of sp³-hybridized carbons (Fsp3) is 0.182. The zero-order chi connectivity index (χ0) is 24.3. The van der Waals surface area contributed by atoms with Crippen LogP contribution in [0.25, 0.3) is 11.4 Å². The number of aromatic nitrogens is 5. The molecule has 0 atom stereocenters. The van der Waals surface area contributed by atoms with E-state index in [4.69, 9.17) is 4.74 Å². The molecule has 0 aliphatic heterocycles. The Bertz CT molecular complexity index is 1280. The molecule has 0 bridgehead atoms. The molecule has 12 heteroatoms. The summed E-state index contributed by atoms with van der Waals surface area (Å²) in [6, 6.07) is 14.2. The van der Waals surface area contributed by atoms with Gasteiger partial charge in [-0.25, -0.2) is 4.68 Å². The van der Waals surface area contributed by atoms with Gasteiger partial charge in [0.2, 0.25) is 5.91 Å². The van der Waals surface area contributed by atoms with Gasteiger partial charge in [0.25, 0.3) is 0 Å². The normalized spacial score (nSPS) is 11.4. The van der Waals surface area contributed by atoms with E-state index in [9.17, 15) is 18.0 Å². The number of rotatable bonds is 7. The zero-order valence-corrected chi connectivity index (χ0v) is 18.9. The highest BCUT2D eigenvalue weighted by atomic mass is 32.2. The first-order valence-electron chi connectivity index (χ1n) is 9.97. The number of hydrogen-bond donors (Lipinski definition) is 1. The average Bonchev–Trinajstić information content (AvgIpc) is 3.45. The van der Waals surface area contributed by atoms with Crippen molar-refractivity contribution in [3.05, 3.63) is 72.3 Å². The van der Waals surface area contributed by atoms with Gasteiger partial charge in [-0.2, -0.15) is 18.3 Å². The Morgan fingerprint density at radius 3 is 2.35 bits per heavy atom. The number of ether oxygens (including phenoxy) is 1. The van der Waals surface area contributed by atoms with Gasteiger partial charge < -0.3 is 10.1 Å². The highest BCUT2D eigenvalue weighted by Crippen LogP contribution is 2.30. The number of methoxy groups -OCH3 is 1. The lowest BCUT2D eigenvalue weighted by molar-refractivity contribution is -0.142. The number of aryl methyl sites for hydroxylation is 1. The van der Waals surface area contributed by atoms with Crippen LogP contribution < -0.4 is 10.1 Å². The SMILES string of the molecule is COc1ccc(-n2c(C)nnc2SCC(=O)Nc2ccc(-n3nccc3C(F)(F)F)cc2)cc1. The Balaban J connectivity index is 1.40. The van der Waals surface area contributed by atoms with E-state index < -0.39 is 11.9 Å². The van der Waals surface area contributed by atoms with Crippen LogP contribution in [0, 0.1) is 6.92 Å². The number of anilines is 1. The Morgan fingerprint density at radius 2 is 1.71 bits per heavy atom. The van der Waals surface area contributed by atoms with Crippen LogP contribution in [-0.2, 0) is 11.0 Å². The van der Waals surface area contributed by atoms with Gasteiger partial charge in [0.1, 0.15) is 17.3 Å². The molecule has 34 heavy (non-hydrogen) atoms. The number of nitrogens with one attached hydrogen (secondary N) is 1. The topological polar surface area (TPSA) is 86.9 Å². The third-order valence-corrected chi connectivity index (χ3v) is 5.72. The summed E-state index contributed by atoms with van der Waals surface area (Å²) >= 11 is 1.21. The zero-order valence-electron chi connectivity index (χ0n) is 18.1. The first kappa shape index (κ1) is 23.4. The van der Waals surface area contributed by atoms with Gasteiger partial charge >= 0.3 is 6.18 Å². The van der Waals surface area contributed by atoms with Crippen molar-refractivity contribution < 1.29 is 22.7 Å². The molecule has 2 aromatic heterocycles. The predicted octanol–water partition coefficient (Wildman–Crippen LogP) is 4.52. The quantitative estimate of drug-likeness (QED) is 0.385. The molecule has 0 unspecified atom stereocenters. The Labute approximate surface area is 196 Å². The van der Waals surface area contributed by atoms with Crippen LogP contribution in [-0.4, -0.2) is 43.3 Å². The maximum atomic E-state index is 13.1. The Kier molecular flexibility index (Phi) is 6.59. The molecule has 0 fully saturated rings. The van der Waals surface area contributed by atoms with Gasteiger partial charge in [-0.15, -0.1) is 10.2 Å². The van der Waals surface area contributed by atoms with Crippen molar-refractivity contribution >= 4 is 23.4 Å². The summed E-state index contributed by atoms with van der Waals surface area (Å²) in [6.45, 7) is 1.81. The molecule has 0 saturated heterocycles. The molecule has 1 N–H and O–H groups in total. The summed E-state index contributed by atoms with van der Waals surface area (Å²) in [7, 11) is 1.59. The number of hydrogen-bond acceptors (Lipinski definition) is 6. The van der Waals surface area contributed by atoms with Gasteiger partial charge in [-0.3, -0.25) is 9.36 Å². The van der Waals surface area contributed by atoms with Gasteiger partial charge in [-0.1, -0.05) is 11.8 Å². The fourth-order valence-electron chi connectivity index (χ4n) is 3.20. The second-order valence-corrected chi connectivity index (χ2v) is 8.02. The highest BCUT2D eigenvalue weighted by Gasteiger charge is 2.35. The molecule has 1 amide bonds. The summed E-state index contributed by atoms with van der Waals surface area (Å²) in [6.07, 6.45) is -3.44. The minimum Gasteiger partial charge on any atom is -0.497 e. The summed E-state index contributed by atoms with van der Waals surface area (Å²) in [5.41, 5.74) is 0.631. The van der Waals surface area contributed by atoms with E-state index in [-0.39, 0.29) is 17.3 Å². The Morgan fingerprint density at radius 1 is 1.03 bits per heavy atom. The lowest BCUT2D eigenvalue weighted by atomic mass is 10.2. The summed E-state index contributed by atoms with van der Waals surface area (Å²) < 4.78 is 47.0. The molecule has 2 aromatic carbocycles. The van der Waals surface area contributed by atoms with Crippen LogP contribution in [0.2, 0.25) is 0 Å². The van der Waals surface area contributed by atoms with Crippen molar-refractivity contribution in [1.29, 1.82) is 0 Å². The van der Waals surface area contributed by atoms with E-state index in [1.54, 1.807) is 7.11 Å². The molecule has 2 heterocycles. The van der Waals surface area contributed by atoms with Crippen molar-refractivity contribution in [1.82, 2.24) is 24.5 Å². The second-order valence-electron chi connectivity index (χ2n) is 7.07. The number of thioether (sulfide) groups is 1. The molecule has 0 radical (unpaired) electrons. The average molecular weight is 488 g/mol. The van der Waals surface area contributed by atoms with Crippen LogP contribution >= 0.6 is 11.8 Å². The molecule has 0 spiro atoms. The lowest BCUT2D eigenvalue weighted by Crippen LogP contribution is -2.15. The summed E-state index contributed by atoms with van der Waals surface area (Å²) in [5.74, 6) is 1.15. The van der Waals surface area contributed by atoms with Crippen LogP contribution in [0.5, 0.6) is 5.75 Å². The van der Waals surface area contributed by atoms with Crippen molar-refractivity contribution in [2.24, 2.45) is 0 Å². The van der Waals surface area contributed by atoms with Crippen molar-refractivity contribution in [3.63, 3.8) is 0 Å². The van der Waals surface area contributed by atoms with Crippen molar-refractivity contribution in [2.75, 3.05) is 18.2 Å². The van der Waals surface area contributed by atoms with Crippen molar-refractivity contribution in [2.45, 2.75) is 18.3 Å². The maximum Gasteiger partial charge on any atom is 0.433 e. The molecular weight excluding hydrogens is 469 g/mol. The minimum absolute atomic E-state index is 0.0629. The smallest absolute Gasteiger partial charge is 0.433 e. The number of carbonyl (C=O) groups excluding carboxylic acids is 1. The second kappa shape index (κ2) is 9.59. The maximum absolute atomic E-state index is 13.1. The number of halogens is 3. The third kappa shape index (κ3) is 5.06. The fourth-order valence-corrected chi connectivity index (χ4v) is 4.00. The molecular formula is C22H19F3N6O2S. The molecule has 0 aliphatic rings. The van der Waals surface area contributed by atoms with E-state index in [1.807, 2.05) is 35.8 Å². The first-order chi connectivity index (χ1) is 16.3. The summed E-state index contributed by atoms with van der Waals surface area (Å²) in [4.78, 5) is 12.5. The van der Waals surface area contributed by atoms with Gasteiger partial charge in [-0.05, 0) is 61.5 Å². The molecule has 176 valence electrons. The van der Waals surface area contributed by atoms with Gasteiger partial charge in [0.15, 0.2) is 5.16 Å². The van der Waals surface area contributed by atoms with E-state index in [2.05, 4.69) is 20.6 Å².